The number of nitrogens with one attached hydrogen (secondary N) is 2. The van der Waals surface area contributed by atoms with Gasteiger partial charge in [-0.15, -0.1) is 0 Å². The first-order valence-electron chi connectivity index (χ1n) is 10.2. The molecule has 174 valence electrons. The third-order valence-corrected chi connectivity index (χ3v) is 6.46. The summed E-state index contributed by atoms with van der Waals surface area (Å²) in [5.74, 6) is -1.22. The molecule has 8 nitrogen and oxygen atoms in total. The Balaban J connectivity index is 1.51. The molecule has 0 radical (unpaired) electrons. The van der Waals surface area contributed by atoms with Gasteiger partial charge in [-0.1, -0.05) is 18.2 Å². The van der Waals surface area contributed by atoms with Crippen LogP contribution in [0, 0.1) is 17.6 Å². The Morgan fingerprint density at radius 3 is 2.72 bits per heavy atom. The van der Waals surface area contributed by atoms with Gasteiger partial charge in [0.25, 0.3) is 5.56 Å². The monoisotopic (exact) mass is 469 g/mol. The van der Waals surface area contributed by atoms with Crippen LogP contribution in [0.5, 0.6) is 5.75 Å². The van der Waals surface area contributed by atoms with E-state index in [9.17, 15) is 26.8 Å². The molecule has 2 N–H and O–H groups in total. The lowest BCUT2D eigenvalue weighted by atomic mass is 10.1. The highest BCUT2D eigenvalue weighted by atomic mass is 32.2. The maximum Gasteiger partial charge on any atom is 0.328 e. The van der Waals surface area contributed by atoms with Crippen molar-refractivity contribution in [1.29, 1.82) is 0 Å². The van der Waals surface area contributed by atoms with Gasteiger partial charge in [-0.3, -0.25) is 14.3 Å². The Kier molecular flexibility index (Phi) is 7.62. The number of ether oxygens (including phenoxy) is 1. The average molecular weight is 470 g/mol. The first kappa shape index (κ1) is 23.9. The fraction of sp³-hybridized carbons (Fsp3) is 0.429. The molecule has 1 aliphatic carbocycles. The second-order valence-electron chi connectivity index (χ2n) is 7.75. The van der Waals surface area contributed by atoms with Crippen LogP contribution in [-0.2, 0) is 16.6 Å². The summed E-state index contributed by atoms with van der Waals surface area (Å²) in [5, 5.41) is 0. The average Bonchev–Trinajstić information content (AvgIpc) is 3.54. The van der Waals surface area contributed by atoms with Crippen molar-refractivity contribution in [3.8, 4) is 5.75 Å². The third kappa shape index (κ3) is 6.86. The van der Waals surface area contributed by atoms with Gasteiger partial charge in [0.15, 0.2) is 11.6 Å². The number of rotatable bonds is 11. The highest BCUT2D eigenvalue weighted by Gasteiger charge is 2.23. The molecule has 11 heteroatoms. The van der Waals surface area contributed by atoms with Gasteiger partial charge in [0.1, 0.15) is 0 Å². The number of hydrogen-bond donors (Lipinski definition) is 2. The molecular formula is C21H25F2N3O5S. The van der Waals surface area contributed by atoms with Crippen molar-refractivity contribution in [1.82, 2.24) is 14.3 Å². The van der Waals surface area contributed by atoms with E-state index in [1.165, 1.54) is 24.3 Å². The zero-order valence-corrected chi connectivity index (χ0v) is 18.3. The van der Waals surface area contributed by atoms with Gasteiger partial charge in [-0.25, -0.2) is 22.3 Å². The minimum Gasteiger partial charge on any atom is -0.490 e. The Labute approximate surface area is 184 Å². The van der Waals surface area contributed by atoms with E-state index in [0.29, 0.717) is 18.1 Å². The summed E-state index contributed by atoms with van der Waals surface area (Å²) < 4.78 is 60.9. The van der Waals surface area contributed by atoms with Gasteiger partial charge in [-0.05, 0) is 49.8 Å². The minimum absolute atomic E-state index is 0.0182. The quantitative estimate of drug-likeness (QED) is 0.491. The summed E-state index contributed by atoms with van der Waals surface area (Å²) in [6.07, 6.45) is 6.14. The number of sulfonamides is 1. The number of allylic oxidation sites excluding steroid dienone is 2. The van der Waals surface area contributed by atoms with Crippen LogP contribution >= 0.6 is 0 Å². The lowest BCUT2D eigenvalue weighted by molar-refractivity contribution is 0.285. The Morgan fingerprint density at radius 1 is 1.25 bits per heavy atom. The number of benzene rings is 1. The molecule has 0 unspecified atom stereocenters. The summed E-state index contributed by atoms with van der Waals surface area (Å²) in [6.45, 7) is 2.09. The molecule has 3 rings (SSSR count). The van der Waals surface area contributed by atoms with Gasteiger partial charge < -0.3 is 4.74 Å². The highest BCUT2D eigenvalue weighted by molar-refractivity contribution is 7.89. The van der Waals surface area contributed by atoms with Crippen LogP contribution in [-0.4, -0.2) is 30.3 Å². The van der Waals surface area contributed by atoms with Crippen LogP contribution in [0.1, 0.15) is 37.8 Å². The highest BCUT2D eigenvalue weighted by Crippen LogP contribution is 2.31. The molecule has 2 aromatic rings. The topological polar surface area (TPSA) is 110 Å². The summed E-state index contributed by atoms with van der Waals surface area (Å²) in [5.41, 5.74) is -1.27. The molecule has 1 aliphatic rings. The number of nitrogens with zero attached hydrogens (tertiary/aromatic N) is 1. The van der Waals surface area contributed by atoms with Gasteiger partial charge in [0.2, 0.25) is 15.8 Å². The van der Waals surface area contributed by atoms with Crippen molar-refractivity contribution in [2.75, 3.05) is 12.4 Å². The van der Waals surface area contributed by atoms with E-state index in [2.05, 4.69) is 4.72 Å². The Hall–Kier alpha value is -2.79. The van der Waals surface area contributed by atoms with Crippen LogP contribution in [0.2, 0.25) is 0 Å². The van der Waals surface area contributed by atoms with Crippen LogP contribution in [0.15, 0.2) is 46.1 Å². The molecule has 0 amide bonds. The number of aromatic amines is 1. The molecule has 1 aromatic heterocycles. The molecule has 0 aliphatic heterocycles. The van der Waals surface area contributed by atoms with Crippen molar-refractivity contribution >= 4 is 10.0 Å². The normalized spacial score (nSPS) is 15.2. The molecule has 0 spiro atoms. The molecule has 1 heterocycles. The molecule has 1 atom stereocenters. The summed E-state index contributed by atoms with van der Waals surface area (Å²) in [4.78, 5) is 24.4. The van der Waals surface area contributed by atoms with E-state index in [4.69, 9.17) is 4.74 Å². The van der Waals surface area contributed by atoms with Gasteiger partial charge >= 0.3 is 5.69 Å². The van der Waals surface area contributed by atoms with Gasteiger partial charge in [-0.2, -0.15) is 4.39 Å². The minimum atomic E-state index is -3.65. The first-order valence-corrected chi connectivity index (χ1v) is 11.9. The second kappa shape index (κ2) is 10.2. The number of halogens is 2. The van der Waals surface area contributed by atoms with E-state index in [1.54, 1.807) is 13.0 Å². The maximum atomic E-state index is 13.9. The summed E-state index contributed by atoms with van der Waals surface area (Å²) in [6, 6.07) is 3.68. The number of hydrogen-bond acceptors (Lipinski definition) is 5. The molecule has 0 saturated heterocycles. The smallest absolute Gasteiger partial charge is 0.328 e. The third-order valence-electron chi connectivity index (χ3n) is 4.97. The standard InChI is InChI=1S/C21H25F2N3O5S/c1-14(16-7-8-17(22)19(11-16)31-13-15-5-6-15)25-32(29,30)10-4-2-3-9-26-12-18(23)20(27)24-21(26)28/h2-3,7-8,11-12,14-15,25H,4-6,9-10,13H2,1H3,(H,24,27,28)/b3-2+/t14-/m1/s1. The van der Waals surface area contributed by atoms with Crippen LogP contribution in [0.3, 0.4) is 0 Å². The summed E-state index contributed by atoms with van der Waals surface area (Å²) in [7, 11) is -3.65. The Bertz CT molecular complexity index is 1200. The SMILES string of the molecule is C[C@@H](NS(=O)(=O)CC/C=C/Cn1cc(F)c(=O)[nH]c1=O)c1ccc(F)c(OCC2CC2)c1. The second-order valence-corrected chi connectivity index (χ2v) is 9.62. The zero-order chi connectivity index (χ0) is 23.3. The Morgan fingerprint density at radius 2 is 2.00 bits per heavy atom. The van der Waals surface area contributed by atoms with Crippen LogP contribution in [0.4, 0.5) is 8.78 Å². The van der Waals surface area contributed by atoms with E-state index in [1.807, 2.05) is 4.98 Å². The van der Waals surface area contributed by atoms with E-state index in [-0.39, 0.29) is 24.5 Å². The zero-order valence-electron chi connectivity index (χ0n) is 17.5. The van der Waals surface area contributed by atoms with Crippen LogP contribution < -0.4 is 20.7 Å². The fourth-order valence-electron chi connectivity index (χ4n) is 2.94. The predicted octanol–water partition coefficient (Wildman–Crippen LogP) is 2.23. The molecular weight excluding hydrogens is 444 g/mol. The van der Waals surface area contributed by atoms with Crippen molar-refractivity contribution in [3.05, 3.63) is 74.6 Å². The molecule has 32 heavy (non-hydrogen) atoms. The van der Waals surface area contributed by atoms with Gasteiger partial charge in [0, 0.05) is 12.6 Å². The fourth-order valence-corrected chi connectivity index (χ4v) is 4.17. The first-order chi connectivity index (χ1) is 15.1. The molecule has 1 aromatic carbocycles. The number of aromatic nitrogens is 2. The molecule has 1 saturated carbocycles. The largest absolute Gasteiger partial charge is 0.490 e. The van der Waals surface area contributed by atoms with Gasteiger partial charge in [0.05, 0.1) is 18.6 Å². The lowest BCUT2D eigenvalue weighted by Gasteiger charge is -2.16. The molecule has 1 fully saturated rings. The van der Waals surface area contributed by atoms with E-state index < -0.39 is 38.9 Å². The molecule has 0 bridgehead atoms. The van der Waals surface area contributed by atoms with E-state index in [0.717, 1.165) is 23.6 Å². The number of H-pyrrole nitrogens is 1. The van der Waals surface area contributed by atoms with Crippen LogP contribution in [0.25, 0.3) is 0 Å². The van der Waals surface area contributed by atoms with E-state index >= 15 is 0 Å². The lowest BCUT2D eigenvalue weighted by Crippen LogP contribution is -2.31. The van der Waals surface area contributed by atoms with Crippen molar-refractivity contribution in [2.24, 2.45) is 5.92 Å². The summed E-state index contributed by atoms with van der Waals surface area (Å²) >= 11 is 0. The predicted molar refractivity (Wildman–Crippen MR) is 115 cm³/mol. The van der Waals surface area contributed by atoms with Crippen molar-refractivity contribution < 1.29 is 21.9 Å². The van der Waals surface area contributed by atoms with Crippen molar-refractivity contribution in [2.45, 2.75) is 38.8 Å². The van der Waals surface area contributed by atoms with Crippen molar-refractivity contribution in [3.63, 3.8) is 0 Å². The maximum absolute atomic E-state index is 13.9.